The average Bonchev–Trinajstić information content (AvgIpc) is 3.12. The van der Waals surface area contributed by atoms with Crippen LogP contribution in [-0.4, -0.2) is 41.6 Å². The van der Waals surface area contributed by atoms with E-state index in [9.17, 15) is 27.9 Å². The molecule has 34 heavy (non-hydrogen) atoms. The van der Waals surface area contributed by atoms with Crippen LogP contribution in [0.3, 0.4) is 0 Å². The number of nitrogens with one attached hydrogen (secondary N) is 1. The zero-order valence-electron chi connectivity index (χ0n) is 18.2. The van der Waals surface area contributed by atoms with Crippen molar-refractivity contribution >= 4 is 21.7 Å². The van der Waals surface area contributed by atoms with Crippen molar-refractivity contribution in [2.75, 3.05) is 6.54 Å². The van der Waals surface area contributed by atoms with E-state index < -0.39 is 56.6 Å². The lowest BCUT2D eigenvalue weighted by molar-refractivity contribution is -0.135. The largest absolute Gasteiger partial charge is 0.507 e. The van der Waals surface area contributed by atoms with E-state index in [2.05, 4.69) is 5.32 Å². The summed E-state index contributed by atoms with van der Waals surface area (Å²) in [5, 5.41) is 21.4. The first-order valence-corrected chi connectivity index (χ1v) is 12.2. The number of sulfone groups is 1. The van der Waals surface area contributed by atoms with Crippen molar-refractivity contribution in [1.29, 1.82) is 0 Å². The SMILES string of the molecule is Cc1ccc(-c2ccc(Cn3c4c(c(O)c(C(=O)NCC(=O)O)c3=O)CS(=O)(=O)C4)cc2)cc1. The molecule has 4 rings (SSSR count). The van der Waals surface area contributed by atoms with Gasteiger partial charge in [0.15, 0.2) is 9.84 Å². The third kappa shape index (κ3) is 4.58. The van der Waals surface area contributed by atoms with E-state index in [1.54, 1.807) is 12.1 Å². The van der Waals surface area contributed by atoms with Crippen LogP contribution in [0.5, 0.6) is 5.75 Å². The van der Waals surface area contributed by atoms with Crippen LogP contribution in [0.1, 0.15) is 32.7 Å². The zero-order valence-corrected chi connectivity index (χ0v) is 19.1. The molecule has 2 heterocycles. The standard InChI is InChI=1S/C24H22N2O7S/c1-14-2-6-16(7-3-14)17-8-4-15(5-9-17)11-26-19-13-34(32,33)12-18(19)22(29)21(24(26)31)23(30)25-10-20(27)28/h2-9,29H,10-13H2,1H3,(H,25,30)(H,27,28). The molecule has 0 aliphatic carbocycles. The van der Waals surface area contributed by atoms with Gasteiger partial charge in [-0.05, 0) is 23.6 Å². The number of hydrogen-bond donors (Lipinski definition) is 3. The Bertz CT molecular complexity index is 1460. The number of nitrogens with zero attached hydrogens (tertiary/aromatic N) is 1. The maximum atomic E-state index is 13.2. The highest BCUT2D eigenvalue weighted by Gasteiger charge is 2.35. The monoisotopic (exact) mass is 482 g/mol. The summed E-state index contributed by atoms with van der Waals surface area (Å²) in [6, 6.07) is 15.3. The van der Waals surface area contributed by atoms with E-state index in [4.69, 9.17) is 5.11 Å². The molecule has 2 aromatic carbocycles. The number of carbonyl (C=O) groups is 2. The molecule has 1 amide bonds. The van der Waals surface area contributed by atoms with Gasteiger partial charge in [0, 0.05) is 11.3 Å². The Kier molecular flexibility index (Phi) is 6.01. The minimum absolute atomic E-state index is 0.0173. The molecule has 0 atom stereocenters. The number of amides is 1. The molecule has 0 spiro atoms. The molecule has 1 aromatic heterocycles. The predicted molar refractivity (Wildman–Crippen MR) is 124 cm³/mol. The second kappa shape index (κ2) is 8.79. The lowest BCUT2D eigenvalue weighted by atomic mass is 10.0. The van der Waals surface area contributed by atoms with Crippen molar-refractivity contribution < 1.29 is 28.2 Å². The fourth-order valence-electron chi connectivity index (χ4n) is 3.95. The lowest BCUT2D eigenvalue weighted by Crippen LogP contribution is -2.37. The predicted octanol–water partition coefficient (Wildman–Crippen LogP) is 1.82. The molecule has 3 aromatic rings. The van der Waals surface area contributed by atoms with Crippen molar-refractivity contribution in [2.24, 2.45) is 0 Å². The summed E-state index contributed by atoms with van der Waals surface area (Å²) in [6.07, 6.45) is 0. The van der Waals surface area contributed by atoms with E-state index in [0.717, 1.165) is 21.3 Å². The van der Waals surface area contributed by atoms with Gasteiger partial charge in [0.25, 0.3) is 11.5 Å². The number of fused-ring (bicyclic) bond motifs is 1. The van der Waals surface area contributed by atoms with Crippen LogP contribution in [0, 0.1) is 6.92 Å². The number of aliphatic carboxylic acids is 1. The fraction of sp³-hybridized carbons (Fsp3) is 0.208. The van der Waals surface area contributed by atoms with Gasteiger partial charge >= 0.3 is 5.97 Å². The summed E-state index contributed by atoms with van der Waals surface area (Å²) in [6.45, 7) is 1.22. The Balaban J connectivity index is 1.74. The van der Waals surface area contributed by atoms with Gasteiger partial charge < -0.3 is 20.1 Å². The van der Waals surface area contributed by atoms with E-state index in [-0.39, 0.29) is 17.8 Å². The van der Waals surface area contributed by atoms with Gasteiger partial charge in [0.2, 0.25) is 0 Å². The molecule has 0 bridgehead atoms. The van der Waals surface area contributed by atoms with Crippen LogP contribution in [0.15, 0.2) is 53.3 Å². The van der Waals surface area contributed by atoms with Crippen molar-refractivity contribution in [3.05, 3.63) is 86.8 Å². The topological polar surface area (TPSA) is 143 Å². The highest BCUT2D eigenvalue weighted by Crippen LogP contribution is 2.33. The van der Waals surface area contributed by atoms with Crippen LogP contribution < -0.4 is 10.9 Å². The number of benzene rings is 2. The van der Waals surface area contributed by atoms with E-state index in [0.29, 0.717) is 5.56 Å². The Hall–Kier alpha value is -3.92. The number of carboxylic acids is 1. The summed E-state index contributed by atoms with van der Waals surface area (Å²) in [7, 11) is -3.62. The number of hydrogen-bond acceptors (Lipinski definition) is 6. The van der Waals surface area contributed by atoms with Crippen molar-refractivity contribution in [2.45, 2.75) is 25.0 Å². The number of carboxylic acid groups (broad SMARTS) is 1. The molecular weight excluding hydrogens is 460 g/mol. The van der Waals surface area contributed by atoms with Gasteiger partial charge in [0.1, 0.15) is 17.9 Å². The molecular formula is C24H22N2O7S. The first-order chi connectivity index (χ1) is 16.1. The minimum atomic E-state index is -3.62. The molecule has 0 radical (unpaired) electrons. The summed E-state index contributed by atoms with van der Waals surface area (Å²) >= 11 is 0. The van der Waals surface area contributed by atoms with E-state index >= 15 is 0 Å². The van der Waals surface area contributed by atoms with Gasteiger partial charge in [-0.1, -0.05) is 54.1 Å². The Morgan fingerprint density at radius 1 is 1.00 bits per heavy atom. The maximum absolute atomic E-state index is 13.2. The van der Waals surface area contributed by atoms with Gasteiger partial charge in [-0.15, -0.1) is 0 Å². The minimum Gasteiger partial charge on any atom is -0.507 e. The number of aromatic nitrogens is 1. The van der Waals surface area contributed by atoms with Gasteiger partial charge in [-0.25, -0.2) is 8.42 Å². The highest BCUT2D eigenvalue weighted by molar-refractivity contribution is 7.90. The van der Waals surface area contributed by atoms with Crippen molar-refractivity contribution in [1.82, 2.24) is 9.88 Å². The Morgan fingerprint density at radius 3 is 2.18 bits per heavy atom. The molecule has 0 saturated heterocycles. The van der Waals surface area contributed by atoms with Crippen molar-refractivity contribution in [3.8, 4) is 16.9 Å². The molecule has 9 nitrogen and oxygen atoms in total. The Labute approximate surface area is 195 Å². The second-order valence-corrected chi connectivity index (χ2v) is 10.3. The summed E-state index contributed by atoms with van der Waals surface area (Å²) < 4.78 is 25.7. The molecule has 1 aliphatic rings. The Morgan fingerprint density at radius 2 is 1.59 bits per heavy atom. The number of carbonyl (C=O) groups excluding carboxylic acids is 1. The first kappa shape index (κ1) is 23.2. The molecule has 3 N–H and O–H groups in total. The number of rotatable bonds is 6. The summed E-state index contributed by atoms with van der Waals surface area (Å²) in [5.41, 5.74) is 2.35. The van der Waals surface area contributed by atoms with Gasteiger partial charge in [-0.3, -0.25) is 14.4 Å². The molecule has 0 unspecified atom stereocenters. The number of aromatic hydroxyl groups is 1. The maximum Gasteiger partial charge on any atom is 0.322 e. The van der Waals surface area contributed by atoms with Gasteiger partial charge in [0.05, 0.1) is 18.1 Å². The highest BCUT2D eigenvalue weighted by atomic mass is 32.2. The van der Waals surface area contributed by atoms with Crippen molar-refractivity contribution in [3.63, 3.8) is 0 Å². The normalized spacial score (nSPS) is 13.9. The fourth-order valence-corrected chi connectivity index (χ4v) is 5.54. The third-order valence-electron chi connectivity index (χ3n) is 5.68. The van der Waals surface area contributed by atoms with Crippen LogP contribution in [0.2, 0.25) is 0 Å². The quantitative estimate of drug-likeness (QED) is 0.486. The summed E-state index contributed by atoms with van der Waals surface area (Å²) in [4.78, 5) is 36.4. The zero-order chi connectivity index (χ0) is 24.6. The molecule has 0 fully saturated rings. The summed E-state index contributed by atoms with van der Waals surface area (Å²) in [5.74, 6) is -4.09. The molecule has 10 heteroatoms. The van der Waals surface area contributed by atoms with Crippen LogP contribution in [0.25, 0.3) is 11.1 Å². The van der Waals surface area contributed by atoms with Gasteiger partial charge in [-0.2, -0.15) is 0 Å². The number of aryl methyl sites for hydroxylation is 1. The molecule has 0 saturated carbocycles. The second-order valence-electron chi connectivity index (χ2n) is 8.21. The van der Waals surface area contributed by atoms with E-state index in [1.807, 2.05) is 43.3 Å². The smallest absolute Gasteiger partial charge is 0.322 e. The molecule has 1 aliphatic heterocycles. The van der Waals surface area contributed by atoms with Crippen LogP contribution in [-0.2, 0) is 32.7 Å². The van der Waals surface area contributed by atoms with Crippen LogP contribution in [0.4, 0.5) is 0 Å². The first-order valence-electron chi connectivity index (χ1n) is 10.4. The average molecular weight is 483 g/mol. The molecule has 176 valence electrons. The third-order valence-corrected chi connectivity index (χ3v) is 7.13. The number of pyridine rings is 1. The lowest BCUT2D eigenvalue weighted by Gasteiger charge is -2.16. The van der Waals surface area contributed by atoms with Crippen LogP contribution >= 0.6 is 0 Å². The van der Waals surface area contributed by atoms with E-state index in [1.165, 1.54) is 0 Å².